The molecule has 11 nitrogen and oxygen atoms in total. The van der Waals surface area contributed by atoms with Crippen molar-refractivity contribution >= 4 is 45.2 Å². The summed E-state index contributed by atoms with van der Waals surface area (Å²) in [5.74, 6) is -1.48. The van der Waals surface area contributed by atoms with Crippen LogP contribution >= 0.6 is 11.6 Å². The summed E-state index contributed by atoms with van der Waals surface area (Å²) in [4.78, 5) is 36.7. The number of methoxy groups -OCH3 is 2. The fraction of sp³-hybridized carbons (Fsp3) is 0.323. The van der Waals surface area contributed by atoms with Gasteiger partial charge in [-0.15, -0.1) is 0 Å². The summed E-state index contributed by atoms with van der Waals surface area (Å²) in [6.45, 7) is 5.44. The van der Waals surface area contributed by atoms with Crippen molar-refractivity contribution in [3.63, 3.8) is 0 Å². The van der Waals surface area contributed by atoms with Gasteiger partial charge in [-0.05, 0) is 80.8 Å². The number of esters is 2. The third-order valence-corrected chi connectivity index (χ3v) is 8.31. The molecule has 13 heteroatoms. The number of nitrogens with one attached hydrogen (secondary N) is 2. The van der Waals surface area contributed by atoms with Crippen LogP contribution in [0, 0.1) is 0 Å². The van der Waals surface area contributed by atoms with Gasteiger partial charge in [-0.2, -0.15) is 0 Å². The van der Waals surface area contributed by atoms with E-state index in [-0.39, 0.29) is 27.6 Å². The van der Waals surface area contributed by atoms with Crippen molar-refractivity contribution in [1.82, 2.24) is 5.32 Å². The summed E-state index contributed by atoms with van der Waals surface area (Å²) in [5.41, 5.74) is 0.281. The van der Waals surface area contributed by atoms with Gasteiger partial charge >= 0.3 is 18.0 Å². The normalized spacial score (nSPS) is 13.0. The first-order valence-corrected chi connectivity index (χ1v) is 15.3. The van der Waals surface area contributed by atoms with E-state index in [1.165, 1.54) is 24.3 Å². The lowest BCUT2D eigenvalue weighted by Gasteiger charge is -2.27. The van der Waals surface area contributed by atoms with Gasteiger partial charge in [0.1, 0.15) is 17.7 Å². The van der Waals surface area contributed by atoms with Crippen LogP contribution in [0.5, 0.6) is 0 Å². The number of aliphatic hydroxyl groups excluding tert-OH is 1. The zero-order chi connectivity index (χ0) is 32.7. The van der Waals surface area contributed by atoms with Gasteiger partial charge in [0.05, 0.1) is 35.3 Å². The molecule has 3 aromatic carbocycles. The number of rotatable bonds is 11. The van der Waals surface area contributed by atoms with Crippen LogP contribution in [0.3, 0.4) is 0 Å². The molecule has 0 aromatic heterocycles. The van der Waals surface area contributed by atoms with E-state index in [4.69, 9.17) is 21.1 Å². The van der Waals surface area contributed by atoms with E-state index < -0.39 is 45.6 Å². The predicted octanol–water partition coefficient (Wildman–Crippen LogP) is 4.71. The van der Waals surface area contributed by atoms with E-state index in [0.29, 0.717) is 17.0 Å². The first-order chi connectivity index (χ1) is 20.7. The molecule has 236 valence electrons. The third-order valence-electron chi connectivity index (χ3n) is 6.31. The van der Waals surface area contributed by atoms with E-state index >= 15 is 0 Å². The predicted molar refractivity (Wildman–Crippen MR) is 163 cm³/mol. The molecular formula is C31H35ClN2O9S. The van der Waals surface area contributed by atoms with Crippen molar-refractivity contribution in [1.29, 1.82) is 0 Å². The standard InChI is InChI=1S/C31H35ClN2O9S/c1-31(2,3)43-29(37)26(27(35)20-7-6-8-21(32)17-20)33-16-15-19-9-11-22(12-10-19)44(39,40)23-13-14-25(34-30(38)42-5)24(18-23)28(36)41-4/h6-14,17-18,26-27,33,35H,15-16H2,1-5H3,(H,34,38)/t26?,27-/m1/s1. The molecule has 3 N–H and O–H groups in total. The number of aliphatic hydroxyl groups is 1. The minimum atomic E-state index is -4.05. The van der Waals surface area contributed by atoms with Crippen LogP contribution in [0.15, 0.2) is 76.5 Å². The number of sulfone groups is 1. The Morgan fingerprint density at radius 2 is 1.59 bits per heavy atom. The lowest BCUT2D eigenvalue weighted by molar-refractivity contribution is -0.160. The highest BCUT2D eigenvalue weighted by Gasteiger charge is 2.32. The lowest BCUT2D eigenvalue weighted by Crippen LogP contribution is -2.46. The van der Waals surface area contributed by atoms with Crippen LogP contribution in [-0.4, -0.2) is 64.0 Å². The maximum Gasteiger partial charge on any atom is 0.411 e. The van der Waals surface area contributed by atoms with Gasteiger partial charge in [-0.25, -0.2) is 18.0 Å². The summed E-state index contributed by atoms with van der Waals surface area (Å²) in [6.07, 6.45) is -1.69. The molecule has 0 aliphatic rings. The van der Waals surface area contributed by atoms with Crippen molar-refractivity contribution < 1.29 is 42.1 Å². The van der Waals surface area contributed by atoms with Crippen molar-refractivity contribution in [2.45, 2.75) is 54.7 Å². The molecule has 0 heterocycles. The van der Waals surface area contributed by atoms with Gasteiger partial charge in [-0.1, -0.05) is 35.9 Å². The second-order valence-electron chi connectivity index (χ2n) is 10.7. The van der Waals surface area contributed by atoms with E-state index in [1.54, 1.807) is 57.2 Å². The van der Waals surface area contributed by atoms with Gasteiger partial charge in [-0.3, -0.25) is 10.1 Å². The average Bonchev–Trinajstić information content (AvgIpc) is 2.98. The third kappa shape index (κ3) is 9.02. The molecule has 0 aliphatic carbocycles. The Bertz CT molecular complexity index is 1600. The molecule has 0 bridgehead atoms. The number of hydrogen-bond acceptors (Lipinski definition) is 10. The van der Waals surface area contributed by atoms with E-state index in [9.17, 15) is 27.9 Å². The van der Waals surface area contributed by atoms with Crippen LogP contribution in [0.1, 0.15) is 48.4 Å². The smallest absolute Gasteiger partial charge is 0.411 e. The van der Waals surface area contributed by atoms with Gasteiger partial charge < -0.3 is 24.6 Å². The Morgan fingerprint density at radius 1 is 0.932 bits per heavy atom. The van der Waals surface area contributed by atoms with E-state index in [2.05, 4.69) is 15.4 Å². The van der Waals surface area contributed by atoms with Crippen molar-refractivity contribution in [2.24, 2.45) is 0 Å². The second-order valence-corrected chi connectivity index (χ2v) is 13.1. The topological polar surface area (TPSA) is 157 Å². The number of carbonyl (C=O) groups is 3. The molecule has 2 atom stereocenters. The van der Waals surface area contributed by atoms with Crippen LogP contribution in [0.4, 0.5) is 10.5 Å². The highest BCUT2D eigenvalue weighted by atomic mass is 35.5. The number of hydrogen-bond donors (Lipinski definition) is 3. The Morgan fingerprint density at radius 3 is 2.18 bits per heavy atom. The second kappa shape index (κ2) is 14.7. The molecule has 1 unspecified atom stereocenters. The quantitative estimate of drug-likeness (QED) is 0.197. The van der Waals surface area contributed by atoms with Gasteiger partial charge in [0.15, 0.2) is 0 Å². The van der Waals surface area contributed by atoms with Gasteiger partial charge in [0.25, 0.3) is 0 Å². The monoisotopic (exact) mass is 646 g/mol. The average molecular weight is 647 g/mol. The number of carbonyl (C=O) groups excluding carboxylic acids is 3. The summed E-state index contributed by atoms with van der Waals surface area (Å²) in [5, 5.41) is 16.8. The van der Waals surface area contributed by atoms with Crippen LogP contribution in [-0.2, 0) is 35.3 Å². The highest BCUT2D eigenvalue weighted by Crippen LogP contribution is 2.27. The fourth-order valence-corrected chi connectivity index (χ4v) is 5.64. The zero-order valence-corrected chi connectivity index (χ0v) is 26.5. The maximum atomic E-state index is 13.4. The lowest BCUT2D eigenvalue weighted by atomic mass is 10.0. The number of anilines is 1. The van der Waals surface area contributed by atoms with Gasteiger partial charge in [0.2, 0.25) is 9.84 Å². The Hall–Kier alpha value is -3.97. The van der Waals surface area contributed by atoms with Crippen molar-refractivity contribution in [2.75, 3.05) is 26.1 Å². The first-order valence-electron chi connectivity index (χ1n) is 13.5. The molecule has 0 fully saturated rings. The Labute approximate surface area is 261 Å². The van der Waals surface area contributed by atoms with E-state index in [0.717, 1.165) is 25.8 Å². The SMILES string of the molecule is COC(=O)Nc1ccc(S(=O)(=O)c2ccc(CCNC(C(=O)OC(C)(C)C)[C@H](O)c3cccc(Cl)c3)cc2)cc1C(=O)OC. The number of halogens is 1. The number of amides is 1. The zero-order valence-electron chi connectivity index (χ0n) is 24.9. The maximum absolute atomic E-state index is 13.4. The van der Waals surface area contributed by atoms with Crippen molar-refractivity contribution in [3.8, 4) is 0 Å². The van der Waals surface area contributed by atoms with Gasteiger partial charge in [0, 0.05) is 11.6 Å². The number of benzene rings is 3. The van der Waals surface area contributed by atoms with Crippen LogP contribution < -0.4 is 10.6 Å². The molecule has 0 saturated heterocycles. The van der Waals surface area contributed by atoms with Crippen molar-refractivity contribution in [3.05, 3.63) is 88.4 Å². The Balaban J connectivity index is 1.77. The molecule has 0 spiro atoms. The molecule has 0 aliphatic heterocycles. The summed E-state index contributed by atoms with van der Waals surface area (Å²) >= 11 is 6.08. The molecule has 1 amide bonds. The molecule has 0 saturated carbocycles. The molecule has 3 aromatic rings. The molecule has 0 radical (unpaired) electrons. The van der Waals surface area contributed by atoms with Crippen LogP contribution in [0.2, 0.25) is 5.02 Å². The van der Waals surface area contributed by atoms with Crippen LogP contribution in [0.25, 0.3) is 0 Å². The Kier molecular flexibility index (Phi) is 11.5. The minimum Gasteiger partial charge on any atom is -0.465 e. The summed E-state index contributed by atoms with van der Waals surface area (Å²) < 4.78 is 41.5. The number of ether oxygens (including phenoxy) is 3. The summed E-state index contributed by atoms with van der Waals surface area (Å²) in [7, 11) is -1.77. The van der Waals surface area contributed by atoms with E-state index in [1.807, 2.05) is 0 Å². The molecule has 44 heavy (non-hydrogen) atoms. The minimum absolute atomic E-state index is 0.0238. The molecule has 3 rings (SSSR count). The summed E-state index contributed by atoms with van der Waals surface area (Å²) in [6, 6.07) is 15.2. The largest absolute Gasteiger partial charge is 0.465 e. The first kappa shape index (κ1) is 34.5. The molecular weight excluding hydrogens is 612 g/mol. The fourth-order valence-electron chi connectivity index (χ4n) is 4.15. The highest BCUT2D eigenvalue weighted by molar-refractivity contribution is 7.91.